The van der Waals surface area contributed by atoms with E-state index < -0.39 is 5.60 Å². The van der Waals surface area contributed by atoms with E-state index in [0.717, 1.165) is 11.4 Å². The van der Waals surface area contributed by atoms with Crippen LogP contribution >= 0.6 is 0 Å². The maximum atomic E-state index is 11.3. The van der Waals surface area contributed by atoms with Crippen LogP contribution in [0.25, 0.3) is 0 Å². The van der Waals surface area contributed by atoms with Gasteiger partial charge in [-0.05, 0) is 13.8 Å². The second-order valence-corrected chi connectivity index (χ2v) is 4.59. The Kier molecular flexibility index (Phi) is 2.86. The predicted octanol–water partition coefficient (Wildman–Crippen LogP) is 0.617. The molecule has 1 fully saturated rings. The zero-order chi connectivity index (χ0) is 11.8. The van der Waals surface area contributed by atoms with Gasteiger partial charge in [-0.3, -0.25) is 4.79 Å². The van der Waals surface area contributed by atoms with E-state index in [1.807, 2.05) is 18.4 Å². The number of aliphatic hydroxyl groups is 1. The lowest BCUT2D eigenvalue weighted by atomic mass is 10.0. The first-order valence-corrected chi connectivity index (χ1v) is 5.48. The quantitative estimate of drug-likeness (QED) is 0.799. The molecule has 1 aromatic heterocycles. The number of ether oxygens (including phenoxy) is 1. The Balaban J connectivity index is 2.31. The zero-order valence-corrected chi connectivity index (χ0v) is 9.69. The number of pyridine rings is 1. The summed E-state index contributed by atoms with van der Waals surface area (Å²) in [6.07, 6.45) is 0.651. The molecular formula is C12H17NO3. The van der Waals surface area contributed by atoms with Gasteiger partial charge in [-0.2, -0.15) is 0 Å². The topological polar surface area (TPSA) is 51.5 Å². The van der Waals surface area contributed by atoms with Gasteiger partial charge in [0, 0.05) is 36.5 Å². The van der Waals surface area contributed by atoms with Crippen molar-refractivity contribution >= 4 is 0 Å². The summed E-state index contributed by atoms with van der Waals surface area (Å²) < 4.78 is 7.18. The van der Waals surface area contributed by atoms with Crippen LogP contribution in [0.5, 0.6) is 0 Å². The summed E-state index contributed by atoms with van der Waals surface area (Å²) in [6, 6.07) is 3.18. The number of nitrogens with zero attached hydrogens (tertiary/aromatic N) is 1. The van der Waals surface area contributed by atoms with E-state index in [4.69, 9.17) is 4.74 Å². The van der Waals surface area contributed by atoms with E-state index >= 15 is 0 Å². The van der Waals surface area contributed by atoms with Gasteiger partial charge in [0.15, 0.2) is 5.43 Å². The molecule has 1 N–H and O–H groups in total. The van der Waals surface area contributed by atoms with Gasteiger partial charge in [-0.25, -0.2) is 0 Å². The van der Waals surface area contributed by atoms with Crippen molar-refractivity contribution in [3.05, 3.63) is 33.7 Å². The molecule has 0 radical (unpaired) electrons. The molecule has 2 heterocycles. The third kappa shape index (κ3) is 2.18. The molecule has 4 heteroatoms. The van der Waals surface area contributed by atoms with Crippen LogP contribution in [0, 0.1) is 13.8 Å². The van der Waals surface area contributed by atoms with E-state index in [-0.39, 0.29) is 5.43 Å². The Bertz CT molecular complexity index is 418. The largest absolute Gasteiger partial charge is 0.386 e. The smallest absolute Gasteiger partial charge is 0.182 e. The van der Waals surface area contributed by atoms with Gasteiger partial charge in [-0.15, -0.1) is 0 Å². The van der Waals surface area contributed by atoms with Crippen molar-refractivity contribution in [1.29, 1.82) is 0 Å². The summed E-state index contributed by atoms with van der Waals surface area (Å²) in [5, 5.41) is 10.2. The molecule has 0 saturated carbocycles. The van der Waals surface area contributed by atoms with Crippen LogP contribution in [0.15, 0.2) is 16.9 Å². The van der Waals surface area contributed by atoms with Gasteiger partial charge in [0.05, 0.1) is 13.2 Å². The van der Waals surface area contributed by atoms with Gasteiger partial charge in [0.25, 0.3) is 0 Å². The first kappa shape index (κ1) is 11.4. The van der Waals surface area contributed by atoms with Gasteiger partial charge < -0.3 is 14.4 Å². The molecule has 4 nitrogen and oxygen atoms in total. The van der Waals surface area contributed by atoms with Crippen LogP contribution in [0.4, 0.5) is 0 Å². The first-order valence-electron chi connectivity index (χ1n) is 5.48. The van der Waals surface area contributed by atoms with Crippen LogP contribution in [0.2, 0.25) is 0 Å². The van der Waals surface area contributed by atoms with Crippen LogP contribution in [0.3, 0.4) is 0 Å². The highest BCUT2D eigenvalue weighted by atomic mass is 16.5. The Labute approximate surface area is 94.5 Å². The number of hydrogen-bond acceptors (Lipinski definition) is 3. The Morgan fingerprint density at radius 2 is 2.06 bits per heavy atom. The minimum atomic E-state index is -0.787. The predicted molar refractivity (Wildman–Crippen MR) is 60.6 cm³/mol. The van der Waals surface area contributed by atoms with Crippen molar-refractivity contribution in [1.82, 2.24) is 4.57 Å². The van der Waals surface area contributed by atoms with Crippen LogP contribution in [-0.4, -0.2) is 28.5 Å². The fourth-order valence-electron chi connectivity index (χ4n) is 2.15. The van der Waals surface area contributed by atoms with Crippen molar-refractivity contribution in [2.75, 3.05) is 13.2 Å². The summed E-state index contributed by atoms with van der Waals surface area (Å²) >= 11 is 0. The van der Waals surface area contributed by atoms with Crippen molar-refractivity contribution < 1.29 is 9.84 Å². The zero-order valence-electron chi connectivity index (χ0n) is 9.69. The summed E-state index contributed by atoms with van der Waals surface area (Å²) in [4.78, 5) is 11.3. The fourth-order valence-corrected chi connectivity index (χ4v) is 2.15. The van der Waals surface area contributed by atoms with Crippen LogP contribution < -0.4 is 5.43 Å². The van der Waals surface area contributed by atoms with Gasteiger partial charge in [0.1, 0.15) is 5.60 Å². The molecule has 0 aliphatic carbocycles. The summed E-state index contributed by atoms with van der Waals surface area (Å²) in [5.74, 6) is 0. The second kappa shape index (κ2) is 4.03. The Hall–Kier alpha value is -1.13. The SMILES string of the molecule is Cc1cc(=O)cc(C)n1CC1(O)CCOC1. The number of aromatic nitrogens is 1. The fraction of sp³-hybridized carbons (Fsp3) is 0.583. The molecule has 0 bridgehead atoms. The number of hydrogen-bond donors (Lipinski definition) is 1. The van der Waals surface area contributed by atoms with Crippen molar-refractivity contribution in [3.63, 3.8) is 0 Å². The molecule has 16 heavy (non-hydrogen) atoms. The molecule has 0 spiro atoms. The van der Waals surface area contributed by atoms with E-state index in [1.165, 1.54) is 0 Å². The van der Waals surface area contributed by atoms with E-state index in [0.29, 0.717) is 26.2 Å². The maximum absolute atomic E-state index is 11.3. The summed E-state index contributed by atoms with van der Waals surface area (Å²) in [7, 11) is 0. The van der Waals surface area contributed by atoms with Crippen molar-refractivity contribution in [3.8, 4) is 0 Å². The lowest BCUT2D eigenvalue weighted by Gasteiger charge is -2.25. The molecule has 2 rings (SSSR count). The van der Waals surface area contributed by atoms with Crippen molar-refractivity contribution in [2.24, 2.45) is 0 Å². The van der Waals surface area contributed by atoms with Crippen molar-refractivity contribution in [2.45, 2.75) is 32.4 Å². The average molecular weight is 223 g/mol. The standard InChI is InChI=1S/C12H17NO3/c1-9-5-11(14)6-10(2)13(9)7-12(15)3-4-16-8-12/h5-6,15H,3-4,7-8H2,1-2H3. The van der Waals surface area contributed by atoms with E-state index in [1.54, 1.807) is 12.1 Å². The average Bonchev–Trinajstić information content (AvgIpc) is 2.59. The van der Waals surface area contributed by atoms with Gasteiger partial charge in [-0.1, -0.05) is 0 Å². The molecule has 1 aliphatic rings. The highest BCUT2D eigenvalue weighted by molar-refractivity contribution is 5.13. The van der Waals surface area contributed by atoms with Crippen LogP contribution in [0.1, 0.15) is 17.8 Å². The number of rotatable bonds is 2. The molecule has 1 atom stereocenters. The van der Waals surface area contributed by atoms with E-state index in [9.17, 15) is 9.90 Å². The third-order valence-electron chi connectivity index (χ3n) is 3.09. The van der Waals surface area contributed by atoms with Crippen LogP contribution in [-0.2, 0) is 11.3 Å². The highest BCUT2D eigenvalue weighted by Crippen LogP contribution is 2.21. The number of aryl methyl sites for hydroxylation is 2. The monoisotopic (exact) mass is 223 g/mol. The highest BCUT2D eigenvalue weighted by Gasteiger charge is 2.33. The van der Waals surface area contributed by atoms with Gasteiger partial charge >= 0.3 is 0 Å². The molecule has 0 aromatic carbocycles. The first-order chi connectivity index (χ1) is 7.50. The molecule has 0 amide bonds. The molecule has 88 valence electrons. The lowest BCUT2D eigenvalue weighted by molar-refractivity contribution is 0.0108. The Morgan fingerprint density at radius 1 is 1.44 bits per heavy atom. The molecular weight excluding hydrogens is 206 g/mol. The molecule has 1 unspecified atom stereocenters. The van der Waals surface area contributed by atoms with E-state index in [2.05, 4.69) is 0 Å². The maximum Gasteiger partial charge on any atom is 0.182 e. The molecule has 1 aromatic rings. The minimum Gasteiger partial charge on any atom is -0.386 e. The molecule has 1 aliphatic heterocycles. The Morgan fingerprint density at radius 3 is 2.56 bits per heavy atom. The minimum absolute atomic E-state index is 0.0147. The molecule has 1 saturated heterocycles. The van der Waals surface area contributed by atoms with Gasteiger partial charge in [0.2, 0.25) is 0 Å². The normalized spacial score (nSPS) is 24.9. The lowest BCUT2D eigenvalue weighted by Crippen LogP contribution is -2.36. The summed E-state index contributed by atoms with van der Waals surface area (Å²) in [6.45, 7) is 5.24. The third-order valence-corrected chi connectivity index (χ3v) is 3.09. The summed E-state index contributed by atoms with van der Waals surface area (Å²) in [5.41, 5.74) is 0.987. The second-order valence-electron chi connectivity index (χ2n) is 4.59.